The quantitative estimate of drug-likeness (QED) is 0.504. The lowest BCUT2D eigenvalue weighted by Crippen LogP contribution is -1.93. The third kappa shape index (κ3) is 2.70. The Bertz CT molecular complexity index is 476. The molecule has 0 bridgehead atoms. The Labute approximate surface area is 96.9 Å². The van der Waals surface area contributed by atoms with Gasteiger partial charge in [0.05, 0.1) is 5.03 Å². The van der Waals surface area contributed by atoms with Crippen LogP contribution in [0, 0.1) is 5.82 Å². The van der Waals surface area contributed by atoms with Gasteiger partial charge in [0.15, 0.2) is 0 Å². The van der Waals surface area contributed by atoms with E-state index in [2.05, 4.69) is 9.97 Å². The number of hydrogen-bond donors (Lipinski definition) is 1. The normalized spacial score (nSPS) is 10.3. The average molecular weight is 235 g/mol. The zero-order valence-electron chi connectivity index (χ0n) is 8.43. The number of hydrogen-bond acceptors (Lipinski definition) is 4. The van der Waals surface area contributed by atoms with E-state index in [4.69, 9.17) is 5.73 Å². The number of nitrogens with zero attached hydrogens (tertiary/aromatic N) is 2. The molecule has 1 aromatic carbocycles. The van der Waals surface area contributed by atoms with Crippen molar-refractivity contribution in [1.82, 2.24) is 9.97 Å². The van der Waals surface area contributed by atoms with E-state index >= 15 is 0 Å². The summed E-state index contributed by atoms with van der Waals surface area (Å²) in [6, 6.07) is 6.18. The first-order valence-electron chi connectivity index (χ1n) is 4.68. The summed E-state index contributed by atoms with van der Waals surface area (Å²) < 4.78 is 13.0. The van der Waals surface area contributed by atoms with Crippen molar-refractivity contribution >= 4 is 17.4 Å². The summed E-state index contributed by atoms with van der Waals surface area (Å²) in [6.07, 6.45) is 3.15. The van der Waals surface area contributed by atoms with E-state index < -0.39 is 0 Å². The van der Waals surface area contributed by atoms with Gasteiger partial charge in [-0.15, -0.1) is 11.8 Å². The number of nitrogen functional groups attached to an aromatic ring is 1. The largest absolute Gasteiger partial charge is 0.398 e. The Balaban J connectivity index is 2.08. The highest BCUT2D eigenvalue weighted by Crippen LogP contribution is 2.24. The monoisotopic (exact) mass is 235 g/mol. The fraction of sp³-hybridized carbons (Fsp3) is 0.0909. The van der Waals surface area contributed by atoms with Crippen molar-refractivity contribution in [2.75, 3.05) is 5.73 Å². The Kier molecular flexibility index (Phi) is 3.36. The number of nitrogens with two attached hydrogens (primary N) is 1. The molecule has 0 amide bonds. The number of rotatable bonds is 3. The summed E-state index contributed by atoms with van der Waals surface area (Å²) in [4.78, 5) is 7.89. The molecule has 0 unspecified atom stereocenters. The highest BCUT2D eigenvalue weighted by atomic mass is 32.2. The lowest BCUT2D eigenvalue weighted by molar-refractivity contribution is 0.627. The lowest BCUT2D eigenvalue weighted by Gasteiger charge is -2.04. The molecule has 1 aromatic heterocycles. The number of anilines is 1. The van der Waals surface area contributed by atoms with Gasteiger partial charge in [0.1, 0.15) is 12.1 Å². The number of benzene rings is 1. The van der Waals surface area contributed by atoms with Gasteiger partial charge in [-0.2, -0.15) is 0 Å². The zero-order chi connectivity index (χ0) is 11.4. The molecule has 0 atom stereocenters. The second kappa shape index (κ2) is 4.94. The summed E-state index contributed by atoms with van der Waals surface area (Å²) in [5, 5.41) is 0.846. The van der Waals surface area contributed by atoms with Gasteiger partial charge in [-0.3, -0.25) is 0 Å². The van der Waals surface area contributed by atoms with Crippen molar-refractivity contribution in [3.8, 4) is 0 Å². The molecule has 82 valence electrons. The fourth-order valence-electron chi connectivity index (χ4n) is 1.21. The first-order valence-corrected chi connectivity index (χ1v) is 5.67. The molecule has 1 heterocycles. The molecule has 0 radical (unpaired) electrons. The average Bonchev–Trinajstić information content (AvgIpc) is 2.32. The smallest absolute Gasteiger partial charge is 0.123 e. The lowest BCUT2D eigenvalue weighted by atomic mass is 10.2. The van der Waals surface area contributed by atoms with Crippen LogP contribution < -0.4 is 5.73 Å². The van der Waals surface area contributed by atoms with Crippen molar-refractivity contribution in [2.45, 2.75) is 10.8 Å². The maximum Gasteiger partial charge on any atom is 0.123 e. The molecule has 16 heavy (non-hydrogen) atoms. The van der Waals surface area contributed by atoms with Gasteiger partial charge in [0.2, 0.25) is 0 Å². The number of thioether (sulfide) groups is 1. The van der Waals surface area contributed by atoms with E-state index in [-0.39, 0.29) is 5.82 Å². The van der Waals surface area contributed by atoms with E-state index in [0.29, 0.717) is 11.4 Å². The second-order valence-corrected chi connectivity index (χ2v) is 4.18. The fourth-order valence-corrected chi connectivity index (χ4v) is 2.05. The minimum atomic E-state index is -0.271. The van der Waals surface area contributed by atoms with E-state index in [1.165, 1.54) is 30.2 Å². The standard InChI is InChI=1S/C11H10FN3S/c12-9-1-2-10(13)8(5-9)6-16-11-3-4-14-7-15-11/h1-5,7H,6,13H2. The van der Waals surface area contributed by atoms with Gasteiger partial charge in [0, 0.05) is 17.6 Å². The molecule has 2 N–H and O–H groups in total. The van der Waals surface area contributed by atoms with E-state index in [0.717, 1.165) is 10.6 Å². The van der Waals surface area contributed by atoms with Crippen LogP contribution in [0.3, 0.4) is 0 Å². The summed E-state index contributed by atoms with van der Waals surface area (Å²) in [7, 11) is 0. The minimum absolute atomic E-state index is 0.271. The van der Waals surface area contributed by atoms with Gasteiger partial charge in [-0.25, -0.2) is 14.4 Å². The second-order valence-electron chi connectivity index (χ2n) is 3.18. The molecule has 0 saturated heterocycles. The van der Waals surface area contributed by atoms with Crippen molar-refractivity contribution in [1.29, 1.82) is 0 Å². The molecule has 3 nitrogen and oxygen atoms in total. The molecule has 2 rings (SSSR count). The molecule has 0 aliphatic carbocycles. The minimum Gasteiger partial charge on any atom is -0.398 e. The summed E-state index contributed by atoms with van der Waals surface area (Å²) >= 11 is 1.50. The SMILES string of the molecule is Nc1ccc(F)cc1CSc1ccncn1. The van der Waals surface area contributed by atoms with Crippen LogP contribution in [-0.4, -0.2) is 9.97 Å². The molecule has 5 heteroatoms. The van der Waals surface area contributed by atoms with Gasteiger partial charge in [-0.05, 0) is 29.8 Å². The highest BCUT2D eigenvalue weighted by molar-refractivity contribution is 7.98. The Morgan fingerprint density at radius 3 is 2.94 bits per heavy atom. The van der Waals surface area contributed by atoms with Crippen LogP contribution >= 0.6 is 11.8 Å². The van der Waals surface area contributed by atoms with Gasteiger partial charge in [0.25, 0.3) is 0 Å². The molecular formula is C11H10FN3S. The van der Waals surface area contributed by atoms with Crippen LogP contribution in [0.4, 0.5) is 10.1 Å². The van der Waals surface area contributed by atoms with E-state index in [1.54, 1.807) is 18.3 Å². The zero-order valence-corrected chi connectivity index (χ0v) is 9.25. The summed E-state index contributed by atoms with van der Waals surface area (Å²) in [6.45, 7) is 0. The number of halogens is 1. The highest BCUT2D eigenvalue weighted by Gasteiger charge is 2.02. The Morgan fingerprint density at radius 2 is 2.19 bits per heavy atom. The van der Waals surface area contributed by atoms with Crippen LogP contribution in [0.1, 0.15) is 5.56 Å². The van der Waals surface area contributed by atoms with Crippen LogP contribution in [0.5, 0.6) is 0 Å². The Hall–Kier alpha value is -1.62. The molecule has 2 aromatic rings. The van der Waals surface area contributed by atoms with Crippen LogP contribution in [-0.2, 0) is 5.75 Å². The van der Waals surface area contributed by atoms with Crippen LogP contribution in [0.15, 0.2) is 41.8 Å². The topological polar surface area (TPSA) is 51.8 Å². The van der Waals surface area contributed by atoms with E-state index in [9.17, 15) is 4.39 Å². The third-order valence-corrected chi connectivity index (χ3v) is 3.03. The van der Waals surface area contributed by atoms with Crippen LogP contribution in [0.2, 0.25) is 0 Å². The van der Waals surface area contributed by atoms with Gasteiger partial charge >= 0.3 is 0 Å². The first-order chi connectivity index (χ1) is 7.75. The van der Waals surface area contributed by atoms with Crippen LogP contribution in [0.25, 0.3) is 0 Å². The molecule has 0 saturated carbocycles. The molecule has 0 fully saturated rings. The predicted octanol–water partition coefficient (Wildman–Crippen LogP) is 2.49. The molecule has 0 aliphatic heterocycles. The predicted molar refractivity (Wildman–Crippen MR) is 62.4 cm³/mol. The maximum atomic E-state index is 13.0. The Morgan fingerprint density at radius 1 is 1.31 bits per heavy atom. The summed E-state index contributed by atoms with van der Waals surface area (Å²) in [5.41, 5.74) is 7.12. The van der Waals surface area contributed by atoms with Crippen molar-refractivity contribution in [2.24, 2.45) is 0 Å². The van der Waals surface area contributed by atoms with Crippen molar-refractivity contribution in [3.05, 3.63) is 48.2 Å². The van der Waals surface area contributed by atoms with Gasteiger partial charge in [-0.1, -0.05) is 0 Å². The number of aromatic nitrogens is 2. The van der Waals surface area contributed by atoms with Crippen molar-refractivity contribution < 1.29 is 4.39 Å². The summed E-state index contributed by atoms with van der Waals surface area (Å²) in [5.74, 6) is 0.327. The maximum absolute atomic E-state index is 13.0. The van der Waals surface area contributed by atoms with E-state index in [1.807, 2.05) is 0 Å². The third-order valence-electron chi connectivity index (χ3n) is 2.04. The van der Waals surface area contributed by atoms with Crippen molar-refractivity contribution in [3.63, 3.8) is 0 Å². The molecular weight excluding hydrogens is 225 g/mol. The van der Waals surface area contributed by atoms with Gasteiger partial charge < -0.3 is 5.73 Å². The first kappa shape index (κ1) is 10.9. The molecule has 0 spiro atoms. The molecule has 0 aliphatic rings.